The molecule has 0 aromatic heterocycles. The molecule has 0 saturated carbocycles. The van der Waals surface area contributed by atoms with Gasteiger partial charge in [0.1, 0.15) is 0 Å². The fraction of sp³-hybridized carbons (Fsp3) is 1.00. The first-order chi connectivity index (χ1) is 7.86. The largest absolute Gasteiger partial charge is 0.376 e. The Morgan fingerprint density at radius 3 is 2.88 bits per heavy atom. The van der Waals surface area contributed by atoms with Gasteiger partial charge in [-0.15, -0.1) is 0 Å². The standard InChI is InChI=1S/C13H28N2O/c1-3-7-14-8-5-6-9-15-10-11-16-13(4-2)12-15/h13-14H,3-12H2,1-2H3. The van der Waals surface area contributed by atoms with Crippen molar-refractivity contribution in [2.75, 3.05) is 39.3 Å². The van der Waals surface area contributed by atoms with Crippen LogP contribution in [0.4, 0.5) is 0 Å². The molecule has 1 unspecified atom stereocenters. The average Bonchev–Trinajstić information content (AvgIpc) is 2.34. The van der Waals surface area contributed by atoms with Crippen molar-refractivity contribution < 1.29 is 4.74 Å². The van der Waals surface area contributed by atoms with Crippen LogP contribution in [-0.2, 0) is 4.74 Å². The Hall–Kier alpha value is -0.120. The lowest BCUT2D eigenvalue weighted by Crippen LogP contribution is -2.42. The predicted molar refractivity (Wildman–Crippen MR) is 68.9 cm³/mol. The van der Waals surface area contributed by atoms with Crippen molar-refractivity contribution in [1.29, 1.82) is 0 Å². The van der Waals surface area contributed by atoms with Gasteiger partial charge in [0.15, 0.2) is 0 Å². The molecule has 1 heterocycles. The van der Waals surface area contributed by atoms with Crippen LogP contribution in [0.5, 0.6) is 0 Å². The summed E-state index contributed by atoms with van der Waals surface area (Å²) in [6, 6.07) is 0. The Balaban J connectivity index is 1.95. The highest BCUT2D eigenvalue weighted by Gasteiger charge is 2.17. The van der Waals surface area contributed by atoms with Gasteiger partial charge in [-0.2, -0.15) is 0 Å². The van der Waals surface area contributed by atoms with Crippen molar-refractivity contribution in [3.63, 3.8) is 0 Å². The third-order valence-corrected chi connectivity index (χ3v) is 3.18. The number of nitrogens with one attached hydrogen (secondary N) is 1. The van der Waals surface area contributed by atoms with Crippen LogP contribution in [0.25, 0.3) is 0 Å². The van der Waals surface area contributed by atoms with E-state index in [1.54, 1.807) is 0 Å². The monoisotopic (exact) mass is 228 g/mol. The number of unbranched alkanes of at least 4 members (excludes halogenated alkanes) is 1. The molecule has 0 amide bonds. The van der Waals surface area contributed by atoms with E-state index in [0.717, 1.165) is 32.7 Å². The normalized spacial score (nSPS) is 22.5. The molecule has 1 aliphatic rings. The molecular weight excluding hydrogens is 200 g/mol. The molecule has 1 saturated heterocycles. The summed E-state index contributed by atoms with van der Waals surface area (Å²) < 4.78 is 5.66. The van der Waals surface area contributed by atoms with Gasteiger partial charge in [0, 0.05) is 13.1 Å². The molecule has 96 valence electrons. The van der Waals surface area contributed by atoms with Gasteiger partial charge in [-0.25, -0.2) is 0 Å². The summed E-state index contributed by atoms with van der Waals surface area (Å²) >= 11 is 0. The van der Waals surface area contributed by atoms with Gasteiger partial charge in [-0.05, 0) is 45.3 Å². The molecule has 0 spiro atoms. The second-order valence-corrected chi connectivity index (χ2v) is 4.66. The van der Waals surface area contributed by atoms with E-state index < -0.39 is 0 Å². The minimum absolute atomic E-state index is 0.479. The van der Waals surface area contributed by atoms with Crippen molar-refractivity contribution in [2.24, 2.45) is 0 Å². The molecule has 0 radical (unpaired) electrons. The first kappa shape index (κ1) is 13.9. The SMILES string of the molecule is CCCNCCCCN1CCOC(CC)C1. The maximum atomic E-state index is 5.66. The maximum Gasteiger partial charge on any atom is 0.0700 e. The van der Waals surface area contributed by atoms with Gasteiger partial charge >= 0.3 is 0 Å². The molecule has 3 nitrogen and oxygen atoms in total. The molecule has 0 bridgehead atoms. The van der Waals surface area contributed by atoms with E-state index in [4.69, 9.17) is 4.74 Å². The lowest BCUT2D eigenvalue weighted by molar-refractivity contribution is -0.0299. The van der Waals surface area contributed by atoms with Crippen LogP contribution in [0, 0.1) is 0 Å². The van der Waals surface area contributed by atoms with Gasteiger partial charge < -0.3 is 10.1 Å². The van der Waals surface area contributed by atoms with Crippen LogP contribution < -0.4 is 5.32 Å². The van der Waals surface area contributed by atoms with Crippen molar-refractivity contribution >= 4 is 0 Å². The van der Waals surface area contributed by atoms with Crippen molar-refractivity contribution in [1.82, 2.24) is 10.2 Å². The van der Waals surface area contributed by atoms with E-state index in [1.807, 2.05) is 0 Å². The lowest BCUT2D eigenvalue weighted by Gasteiger charge is -2.32. The van der Waals surface area contributed by atoms with Crippen molar-refractivity contribution in [3.05, 3.63) is 0 Å². The van der Waals surface area contributed by atoms with Crippen LogP contribution in [0.2, 0.25) is 0 Å². The summed E-state index contributed by atoms with van der Waals surface area (Å²) in [6.07, 6.45) is 5.48. The fourth-order valence-electron chi connectivity index (χ4n) is 2.12. The number of ether oxygens (including phenoxy) is 1. The van der Waals surface area contributed by atoms with Crippen LogP contribution >= 0.6 is 0 Å². The first-order valence-electron chi connectivity index (χ1n) is 6.91. The van der Waals surface area contributed by atoms with Gasteiger partial charge in [-0.3, -0.25) is 4.90 Å². The molecule has 1 fully saturated rings. The van der Waals surface area contributed by atoms with Crippen LogP contribution in [0.3, 0.4) is 0 Å². The highest BCUT2D eigenvalue weighted by atomic mass is 16.5. The summed E-state index contributed by atoms with van der Waals surface area (Å²) in [5, 5.41) is 3.45. The zero-order valence-electron chi connectivity index (χ0n) is 11.0. The molecule has 1 N–H and O–H groups in total. The minimum atomic E-state index is 0.479. The van der Waals surface area contributed by atoms with E-state index >= 15 is 0 Å². The number of nitrogens with zero attached hydrogens (tertiary/aromatic N) is 1. The Morgan fingerprint density at radius 1 is 1.25 bits per heavy atom. The highest BCUT2D eigenvalue weighted by molar-refractivity contribution is 4.70. The molecule has 1 rings (SSSR count). The number of hydrogen-bond acceptors (Lipinski definition) is 3. The summed E-state index contributed by atoms with van der Waals surface area (Å²) in [5.41, 5.74) is 0. The lowest BCUT2D eigenvalue weighted by atomic mass is 10.2. The Morgan fingerprint density at radius 2 is 2.12 bits per heavy atom. The molecule has 1 aliphatic heterocycles. The molecule has 0 aliphatic carbocycles. The number of morpholine rings is 1. The third kappa shape index (κ3) is 5.83. The highest BCUT2D eigenvalue weighted by Crippen LogP contribution is 2.08. The molecule has 0 aromatic carbocycles. The Kier molecular flexibility index (Phi) is 7.81. The molecule has 3 heteroatoms. The van der Waals surface area contributed by atoms with E-state index in [2.05, 4.69) is 24.1 Å². The quantitative estimate of drug-likeness (QED) is 0.642. The van der Waals surface area contributed by atoms with Gasteiger partial charge in [-0.1, -0.05) is 13.8 Å². The molecule has 16 heavy (non-hydrogen) atoms. The van der Waals surface area contributed by atoms with Crippen LogP contribution in [-0.4, -0.2) is 50.3 Å². The molecular formula is C13H28N2O. The van der Waals surface area contributed by atoms with Crippen LogP contribution in [0.1, 0.15) is 39.5 Å². The molecule has 1 atom stereocenters. The van der Waals surface area contributed by atoms with Gasteiger partial charge in [0.05, 0.1) is 12.7 Å². The average molecular weight is 228 g/mol. The second-order valence-electron chi connectivity index (χ2n) is 4.66. The molecule has 0 aromatic rings. The van der Waals surface area contributed by atoms with Gasteiger partial charge in [0.2, 0.25) is 0 Å². The van der Waals surface area contributed by atoms with E-state index in [9.17, 15) is 0 Å². The summed E-state index contributed by atoms with van der Waals surface area (Å²) in [6.45, 7) is 11.2. The summed E-state index contributed by atoms with van der Waals surface area (Å²) in [5.74, 6) is 0. The number of rotatable bonds is 8. The zero-order chi connectivity index (χ0) is 11.6. The van der Waals surface area contributed by atoms with E-state index in [0.29, 0.717) is 6.10 Å². The predicted octanol–water partition coefficient (Wildman–Crippen LogP) is 1.88. The van der Waals surface area contributed by atoms with Crippen LogP contribution in [0.15, 0.2) is 0 Å². The summed E-state index contributed by atoms with van der Waals surface area (Å²) in [4.78, 5) is 2.55. The van der Waals surface area contributed by atoms with Gasteiger partial charge in [0.25, 0.3) is 0 Å². The van der Waals surface area contributed by atoms with Crippen molar-refractivity contribution in [2.45, 2.75) is 45.6 Å². The fourth-order valence-corrected chi connectivity index (χ4v) is 2.12. The van der Waals surface area contributed by atoms with E-state index in [1.165, 1.54) is 32.4 Å². The van der Waals surface area contributed by atoms with E-state index in [-0.39, 0.29) is 0 Å². The Bertz CT molecular complexity index is 164. The second kappa shape index (κ2) is 8.97. The first-order valence-corrected chi connectivity index (χ1v) is 6.91. The summed E-state index contributed by atoms with van der Waals surface area (Å²) in [7, 11) is 0. The van der Waals surface area contributed by atoms with Crippen molar-refractivity contribution in [3.8, 4) is 0 Å². The third-order valence-electron chi connectivity index (χ3n) is 3.18. The Labute approximate surface area is 101 Å². The smallest absolute Gasteiger partial charge is 0.0700 e. The zero-order valence-corrected chi connectivity index (χ0v) is 11.0. The topological polar surface area (TPSA) is 24.5 Å². The number of hydrogen-bond donors (Lipinski definition) is 1. The minimum Gasteiger partial charge on any atom is -0.376 e. The maximum absolute atomic E-state index is 5.66.